The maximum absolute atomic E-state index is 12.8. The fourth-order valence-corrected chi connectivity index (χ4v) is 1.40. The monoisotopic (exact) mass is 236 g/mol. The first-order chi connectivity index (χ1) is 8.13. The Morgan fingerprint density at radius 3 is 2.65 bits per heavy atom. The Morgan fingerprint density at radius 1 is 1.41 bits per heavy atom. The van der Waals surface area contributed by atoms with E-state index in [2.05, 4.69) is 9.89 Å². The topological polar surface area (TPSA) is 78.4 Å². The van der Waals surface area contributed by atoms with Gasteiger partial charge in [0, 0.05) is 5.56 Å². The predicted octanol–water partition coefficient (Wildman–Crippen LogP) is 1.85. The molecule has 0 aliphatic heterocycles. The van der Waals surface area contributed by atoms with Crippen molar-refractivity contribution in [3.8, 4) is 11.3 Å². The highest BCUT2D eigenvalue weighted by atomic mass is 19.1. The summed E-state index contributed by atoms with van der Waals surface area (Å²) in [5.74, 6) is -0.936. The highest BCUT2D eigenvalue weighted by molar-refractivity contribution is 5.99. The van der Waals surface area contributed by atoms with Gasteiger partial charge in [-0.3, -0.25) is 0 Å². The van der Waals surface area contributed by atoms with Crippen LogP contribution in [0, 0.1) is 5.82 Å². The molecule has 1 aromatic carbocycles. The van der Waals surface area contributed by atoms with E-state index in [0.29, 0.717) is 5.56 Å². The van der Waals surface area contributed by atoms with Gasteiger partial charge in [-0.2, -0.15) is 0 Å². The number of halogens is 1. The first kappa shape index (κ1) is 11.1. The molecule has 0 saturated carbocycles. The Labute approximate surface area is 96.0 Å². The number of aromatic nitrogens is 1. The van der Waals surface area contributed by atoms with E-state index in [9.17, 15) is 9.18 Å². The van der Waals surface area contributed by atoms with Crippen molar-refractivity contribution in [2.45, 2.75) is 0 Å². The van der Waals surface area contributed by atoms with Crippen molar-refractivity contribution in [3.05, 3.63) is 35.6 Å². The van der Waals surface area contributed by atoms with Crippen LogP contribution < -0.4 is 5.73 Å². The van der Waals surface area contributed by atoms with Gasteiger partial charge in [0.25, 0.3) is 0 Å². The summed E-state index contributed by atoms with van der Waals surface area (Å²) in [5.41, 5.74) is 6.04. The molecule has 2 N–H and O–H groups in total. The number of benzene rings is 1. The lowest BCUT2D eigenvalue weighted by atomic mass is 10.1. The van der Waals surface area contributed by atoms with E-state index in [0.717, 1.165) is 0 Å². The van der Waals surface area contributed by atoms with E-state index in [-0.39, 0.29) is 23.0 Å². The molecule has 6 heteroatoms. The van der Waals surface area contributed by atoms with Crippen LogP contribution in [0.3, 0.4) is 0 Å². The summed E-state index contributed by atoms with van der Waals surface area (Å²) >= 11 is 0. The third kappa shape index (κ3) is 1.96. The molecular formula is C11H9FN2O3. The smallest absolute Gasteiger partial charge is 0.345 e. The molecule has 0 spiro atoms. The second-order valence-corrected chi connectivity index (χ2v) is 3.27. The largest absolute Gasteiger partial charge is 0.465 e. The van der Waals surface area contributed by atoms with Crippen molar-refractivity contribution in [1.82, 2.24) is 5.16 Å². The molecule has 0 atom stereocenters. The van der Waals surface area contributed by atoms with Crippen LogP contribution in [0.2, 0.25) is 0 Å². The van der Waals surface area contributed by atoms with Crippen LogP contribution in [0.25, 0.3) is 11.3 Å². The van der Waals surface area contributed by atoms with Gasteiger partial charge < -0.3 is 15.0 Å². The molecule has 2 aromatic rings. The molecule has 0 fully saturated rings. The average molecular weight is 236 g/mol. The Balaban J connectivity index is 2.52. The molecule has 0 amide bonds. The lowest BCUT2D eigenvalue weighted by molar-refractivity contribution is 0.0602. The summed E-state index contributed by atoms with van der Waals surface area (Å²) < 4.78 is 22.3. The number of nitrogen functional groups attached to an aromatic ring is 1. The zero-order valence-corrected chi connectivity index (χ0v) is 8.94. The number of carbonyl (C=O) groups is 1. The number of hydrogen-bond acceptors (Lipinski definition) is 5. The standard InChI is InChI=1S/C11H9FN2O3/c1-16-11(15)8-9(17-14-10(8)13)6-2-4-7(12)5-3-6/h2-5H,1H3,(H2,13,14). The van der Waals surface area contributed by atoms with Crippen LogP contribution in [0.5, 0.6) is 0 Å². The Hall–Kier alpha value is -2.37. The molecule has 0 radical (unpaired) electrons. The maximum Gasteiger partial charge on any atom is 0.345 e. The van der Waals surface area contributed by atoms with Crippen molar-refractivity contribution in [2.75, 3.05) is 12.8 Å². The number of nitrogens with two attached hydrogens (primary N) is 1. The highest BCUT2D eigenvalue weighted by Crippen LogP contribution is 2.28. The van der Waals surface area contributed by atoms with E-state index < -0.39 is 5.97 Å². The molecule has 1 aromatic heterocycles. The van der Waals surface area contributed by atoms with Crippen LogP contribution in [0.1, 0.15) is 10.4 Å². The van der Waals surface area contributed by atoms with Crippen LogP contribution in [0.15, 0.2) is 28.8 Å². The zero-order valence-electron chi connectivity index (χ0n) is 8.94. The SMILES string of the molecule is COC(=O)c1c(N)noc1-c1ccc(F)cc1. The molecule has 0 saturated heterocycles. The van der Waals surface area contributed by atoms with Crippen LogP contribution >= 0.6 is 0 Å². The maximum atomic E-state index is 12.8. The third-order valence-corrected chi connectivity index (χ3v) is 2.21. The first-order valence-corrected chi connectivity index (χ1v) is 4.73. The van der Waals surface area contributed by atoms with Gasteiger partial charge in [-0.1, -0.05) is 5.16 Å². The number of nitrogens with zero attached hydrogens (tertiary/aromatic N) is 1. The predicted molar refractivity (Wildman–Crippen MR) is 57.6 cm³/mol. The Kier molecular flexibility index (Phi) is 2.78. The van der Waals surface area contributed by atoms with E-state index in [1.807, 2.05) is 0 Å². The van der Waals surface area contributed by atoms with E-state index in [4.69, 9.17) is 10.3 Å². The molecule has 5 nitrogen and oxygen atoms in total. The second-order valence-electron chi connectivity index (χ2n) is 3.27. The summed E-state index contributed by atoms with van der Waals surface area (Å²) in [6.07, 6.45) is 0. The fraction of sp³-hybridized carbons (Fsp3) is 0.0909. The van der Waals surface area contributed by atoms with Gasteiger partial charge in [0.1, 0.15) is 5.82 Å². The van der Waals surface area contributed by atoms with Crippen molar-refractivity contribution in [2.24, 2.45) is 0 Å². The summed E-state index contributed by atoms with van der Waals surface area (Å²) in [5, 5.41) is 3.49. The minimum Gasteiger partial charge on any atom is -0.465 e. The number of carbonyl (C=O) groups excluding carboxylic acids is 1. The number of ether oxygens (including phenoxy) is 1. The van der Waals surface area contributed by atoms with Gasteiger partial charge >= 0.3 is 5.97 Å². The van der Waals surface area contributed by atoms with Gasteiger partial charge in [0.05, 0.1) is 7.11 Å². The molecule has 0 aliphatic rings. The van der Waals surface area contributed by atoms with Gasteiger partial charge in [-0.25, -0.2) is 9.18 Å². The molecule has 1 heterocycles. The summed E-state index contributed by atoms with van der Waals surface area (Å²) in [6, 6.07) is 5.41. The van der Waals surface area contributed by atoms with Crippen molar-refractivity contribution in [1.29, 1.82) is 0 Å². The molecule has 2 rings (SSSR count). The van der Waals surface area contributed by atoms with Gasteiger partial charge in [-0.15, -0.1) is 0 Å². The van der Waals surface area contributed by atoms with Crippen molar-refractivity contribution in [3.63, 3.8) is 0 Å². The summed E-state index contributed by atoms with van der Waals surface area (Å²) in [6.45, 7) is 0. The molecule has 0 aliphatic carbocycles. The van der Waals surface area contributed by atoms with Crippen LogP contribution in [0.4, 0.5) is 10.2 Å². The zero-order chi connectivity index (χ0) is 12.4. The molecule has 0 unspecified atom stereocenters. The number of anilines is 1. The second kappa shape index (κ2) is 4.25. The van der Waals surface area contributed by atoms with Crippen molar-refractivity contribution >= 4 is 11.8 Å². The lowest BCUT2D eigenvalue weighted by Crippen LogP contribution is -2.05. The number of methoxy groups -OCH3 is 1. The normalized spacial score (nSPS) is 10.2. The third-order valence-electron chi connectivity index (χ3n) is 2.21. The van der Waals surface area contributed by atoms with Gasteiger partial charge in [0.15, 0.2) is 17.1 Å². The van der Waals surface area contributed by atoms with Gasteiger partial charge in [-0.05, 0) is 24.3 Å². The Bertz CT molecular complexity index is 548. The van der Waals surface area contributed by atoms with E-state index in [1.54, 1.807) is 0 Å². The van der Waals surface area contributed by atoms with Crippen LogP contribution in [-0.4, -0.2) is 18.2 Å². The minimum absolute atomic E-state index is 0.0408. The number of rotatable bonds is 2. The molecule has 0 bridgehead atoms. The summed E-state index contributed by atoms with van der Waals surface area (Å²) in [7, 11) is 1.23. The quantitative estimate of drug-likeness (QED) is 0.805. The number of esters is 1. The molecule has 88 valence electrons. The number of hydrogen-bond donors (Lipinski definition) is 1. The molecular weight excluding hydrogens is 227 g/mol. The van der Waals surface area contributed by atoms with E-state index >= 15 is 0 Å². The minimum atomic E-state index is -0.650. The summed E-state index contributed by atoms with van der Waals surface area (Å²) in [4.78, 5) is 11.5. The van der Waals surface area contributed by atoms with E-state index in [1.165, 1.54) is 31.4 Å². The molecule has 17 heavy (non-hydrogen) atoms. The van der Waals surface area contributed by atoms with Crippen molar-refractivity contribution < 1.29 is 18.4 Å². The highest BCUT2D eigenvalue weighted by Gasteiger charge is 2.23. The first-order valence-electron chi connectivity index (χ1n) is 4.73. The Morgan fingerprint density at radius 2 is 2.06 bits per heavy atom. The van der Waals surface area contributed by atoms with Gasteiger partial charge in [0.2, 0.25) is 0 Å². The fourth-order valence-electron chi connectivity index (χ4n) is 1.40. The van der Waals surface area contributed by atoms with Crippen LogP contribution in [-0.2, 0) is 4.74 Å². The lowest BCUT2D eigenvalue weighted by Gasteiger charge is -2.00. The average Bonchev–Trinajstić information content (AvgIpc) is 2.71.